The molecule has 3 rings (SSSR count). The number of aliphatic hydroxyl groups excluding tert-OH is 1. The number of aliphatic hydroxyl groups is 1. The van der Waals surface area contributed by atoms with Crippen LogP contribution < -0.4 is 4.74 Å². The third kappa shape index (κ3) is 4.01. The fraction of sp³-hybridized carbons (Fsp3) is 0.263. The predicted molar refractivity (Wildman–Crippen MR) is 89.1 cm³/mol. The minimum atomic E-state index is -0.524. The van der Waals surface area contributed by atoms with Crippen LogP contribution in [0.25, 0.3) is 5.57 Å². The van der Waals surface area contributed by atoms with Crippen molar-refractivity contribution in [2.75, 3.05) is 19.8 Å². The molecule has 2 unspecified atom stereocenters. The number of hydrogen-bond donors (Lipinski definition) is 1. The van der Waals surface area contributed by atoms with Crippen LogP contribution in [0, 0.1) is 0 Å². The zero-order valence-corrected chi connectivity index (χ0v) is 13.3. The zero-order chi connectivity index (χ0) is 16.8. The van der Waals surface area contributed by atoms with Crippen molar-refractivity contribution in [1.82, 2.24) is 0 Å². The normalized spacial score (nSPS) is 20.5. The maximum absolute atomic E-state index is 8.76. The average molecular weight is 328 g/mol. The molecule has 1 saturated heterocycles. The van der Waals surface area contributed by atoms with Gasteiger partial charge in [-0.25, -0.2) is 4.89 Å². The van der Waals surface area contributed by atoms with Crippen molar-refractivity contribution in [2.24, 2.45) is 0 Å². The van der Waals surface area contributed by atoms with Gasteiger partial charge in [0.15, 0.2) is 0 Å². The van der Waals surface area contributed by atoms with E-state index in [1.54, 1.807) is 0 Å². The summed E-state index contributed by atoms with van der Waals surface area (Å²) in [6.07, 6.45) is -0.890. The molecule has 0 spiro atoms. The van der Waals surface area contributed by atoms with Crippen LogP contribution in [0.5, 0.6) is 5.75 Å². The Hall–Kier alpha value is -2.18. The van der Waals surface area contributed by atoms with Crippen LogP contribution in [0.4, 0.5) is 0 Å². The lowest BCUT2D eigenvalue weighted by Gasteiger charge is -2.29. The van der Waals surface area contributed by atoms with Gasteiger partial charge >= 0.3 is 0 Å². The summed E-state index contributed by atoms with van der Waals surface area (Å²) in [5.41, 5.74) is 2.60. The van der Waals surface area contributed by atoms with E-state index in [9.17, 15) is 0 Å². The zero-order valence-electron chi connectivity index (χ0n) is 13.3. The summed E-state index contributed by atoms with van der Waals surface area (Å²) in [5, 5.41) is 8.76. The Kier molecular flexibility index (Phi) is 5.61. The predicted octanol–water partition coefficient (Wildman–Crippen LogP) is 3.12. The van der Waals surface area contributed by atoms with E-state index in [4.69, 9.17) is 24.4 Å². The summed E-state index contributed by atoms with van der Waals surface area (Å²) < 4.78 is 11.1. The van der Waals surface area contributed by atoms with Crippen LogP contribution in [0.2, 0.25) is 0 Å². The number of rotatable bonds is 6. The van der Waals surface area contributed by atoms with Crippen LogP contribution in [-0.2, 0) is 14.5 Å². The van der Waals surface area contributed by atoms with Crippen LogP contribution in [0.3, 0.4) is 0 Å². The Morgan fingerprint density at radius 2 is 1.83 bits per heavy atom. The molecule has 5 nitrogen and oxygen atoms in total. The first-order valence-electron chi connectivity index (χ1n) is 7.79. The summed E-state index contributed by atoms with van der Waals surface area (Å²) in [7, 11) is 0. The topological polar surface area (TPSA) is 57.2 Å². The highest BCUT2D eigenvalue weighted by Gasteiger charge is 2.27. The van der Waals surface area contributed by atoms with Gasteiger partial charge in [0.25, 0.3) is 0 Å². The highest BCUT2D eigenvalue weighted by atomic mass is 17.2. The molecule has 0 bridgehead atoms. The third-order valence-electron chi connectivity index (χ3n) is 3.70. The largest absolute Gasteiger partial charge is 0.491 e. The van der Waals surface area contributed by atoms with Crippen LogP contribution in [0.15, 0.2) is 61.2 Å². The van der Waals surface area contributed by atoms with Gasteiger partial charge in [-0.3, -0.25) is 0 Å². The fourth-order valence-corrected chi connectivity index (χ4v) is 2.38. The molecule has 24 heavy (non-hydrogen) atoms. The molecule has 0 amide bonds. The monoisotopic (exact) mass is 328 g/mol. The van der Waals surface area contributed by atoms with Crippen molar-refractivity contribution in [3.05, 3.63) is 72.3 Å². The van der Waals surface area contributed by atoms with Crippen molar-refractivity contribution in [3.63, 3.8) is 0 Å². The van der Waals surface area contributed by atoms with Gasteiger partial charge in [-0.15, -0.1) is 0 Å². The first kappa shape index (κ1) is 16.7. The Bertz CT molecular complexity index is 645. The van der Waals surface area contributed by atoms with E-state index in [0.29, 0.717) is 12.4 Å². The molecular weight excluding hydrogens is 308 g/mol. The molecule has 2 atom stereocenters. The lowest BCUT2D eigenvalue weighted by atomic mass is 10.0. The molecule has 0 saturated carbocycles. The van der Waals surface area contributed by atoms with E-state index in [2.05, 4.69) is 6.58 Å². The molecule has 1 aliphatic rings. The number of hydrogen-bond acceptors (Lipinski definition) is 5. The average Bonchev–Trinajstić information content (AvgIpc) is 2.67. The van der Waals surface area contributed by atoms with Gasteiger partial charge in [0.05, 0.1) is 13.2 Å². The van der Waals surface area contributed by atoms with Crippen molar-refractivity contribution >= 4 is 5.57 Å². The molecule has 5 heteroatoms. The summed E-state index contributed by atoms with van der Waals surface area (Å²) in [5.74, 6) is 0.696. The fourth-order valence-electron chi connectivity index (χ4n) is 2.38. The van der Waals surface area contributed by atoms with Gasteiger partial charge in [0.1, 0.15) is 18.5 Å². The molecule has 0 aromatic heterocycles. The Labute approximate surface area is 141 Å². The molecule has 0 aliphatic carbocycles. The Morgan fingerprint density at radius 1 is 1.08 bits per heavy atom. The summed E-state index contributed by atoms with van der Waals surface area (Å²) in [6, 6.07) is 17.1. The first-order chi connectivity index (χ1) is 11.8. The van der Waals surface area contributed by atoms with Crippen molar-refractivity contribution in [1.29, 1.82) is 0 Å². The van der Waals surface area contributed by atoms with Gasteiger partial charge in [0.2, 0.25) is 6.29 Å². The molecule has 2 aromatic rings. The maximum Gasteiger partial charge on any atom is 0.217 e. The molecule has 126 valence electrons. The quantitative estimate of drug-likeness (QED) is 0.826. The summed E-state index contributed by atoms with van der Waals surface area (Å²) >= 11 is 0. The van der Waals surface area contributed by atoms with Crippen molar-refractivity contribution in [2.45, 2.75) is 12.4 Å². The van der Waals surface area contributed by atoms with Gasteiger partial charge < -0.3 is 14.6 Å². The van der Waals surface area contributed by atoms with Crippen molar-refractivity contribution in [3.8, 4) is 5.75 Å². The molecule has 1 N–H and O–H groups in total. The van der Waals surface area contributed by atoms with E-state index >= 15 is 0 Å². The number of benzene rings is 2. The van der Waals surface area contributed by atoms with E-state index < -0.39 is 6.29 Å². The SMILES string of the molecule is C=C(c1ccc(OCCO)cc1)C1COC(c2ccccc2)OO1. The standard InChI is InChI=1S/C19H20O5/c1-14(15-7-9-17(10-8-15)21-12-11-20)18-13-22-19(24-23-18)16-5-3-2-4-6-16/h2-10,18-20H,1,11-13H2. The second kappa shape index (κ2) is 8.08. The highest BCUT2D eigenvalue weighted by molar-refractivity contribution is 5.67. The van der Waals surface area contributed by atoms with Crippen LogP contribution in [0.1, 0.15) is 17.4 Å². The van der Waals surface area contributed by atoms with E-state index in [-0.39, 0.29) is 19.3 Å². The smallest absolute Gasteiger partial charge is 0.217 e. The van der Waals surface area contributed by atoms with E-state index in [0.717, 1.165) is 16.7 Å². The van der Waals surface area contributed by atoms with Gasteiger partial charge in [-0.05, 0) is 23.3 Å². The molecule has 1 aliphatic heterocycles. The minimum absolute atomic E-state index is 0.0123. The first-order valence-corrected chi connectivity index (χ1v) is 7.79. The minimum Gasteiger partial charge on any atom is -0.491 e. The molecular formula is C19H20O5. The van der Waals surface area contributed by atoms with Crippen LogP contribution >= 0.6 is 0 Å². The Balaban J connectivity index is 1.57. The molecule has 1 fully saturated rings. The molecule has 2 aromatic carbocycles. The maximum atomic E-state index is 8.76. The van der Waals surface area contributed by atoms with E-state index in [1.807, 2.05) is 54.6 Å². The lowest BCUT2D eigenvalue weighted by Crippen LogP contribution is -2.30. The molecule has 0 radical (unpaired) electrons. The van der Waals surface area contributed by atoms with Crippen molar-refractivity contribution < 1.29 is 24.4 Å². The summed E-state index contributed by atoms with van der Waals surface area (Å²) in [4.78, 5) is 10.8. The second-order valence-electron chi connectivity index (χ2n) is 5.38. The molecule has 1 heterocycles. The number of ether oxygens (including phenoxy) is 2. The summed E-state index contributed by atoms with van der Waals surface area (Å²) in [6.45, 7) is 4.69. The van der Waals surface area contributed by atoms with Gasteiger partial charge in [-0.2, -0.15) is 4.89 Å². The third-order valence-corrected chi connectivity index (χ3v) is 3.70. The Morgan fingerprint density at radius 3 is 2.46 bits per heavy atom. The van der Waals surface area contributed by atoms with Gasteiger partial charge in [0, 0.05) is 5.56 Å². The van der Waals surface area contributed by atoms with Gasteiger partial charge in [-0.1, -0.05) is 49.0 Å². The van der Waals surface area contributed by atoms with Crippen LogP contribution in [-0.4, -0.2) is 31.0 Å². The highest BCUT2D eigenvalue weighted by Crippen LogP contribution is 2.30. The lowest BCUT2D eigenvalue weighted by molar-refractivity contribution is -0.435. The van der Waals surface area contributed by atoms with E-state index in [1.165, 1.54) is 0 Å². The second-order valence-corrected chi connectivity index (χ2v) is 5.38.